The van der Waals surface area contributed by atoms with Crippen molar-refractivity contribution in [2.75, 3.05) is 20.2 Å². The van der Waals surface area contributed by atoms with Crippen LogP contribution in [0, 0.1) is 0 Å². The first-order valence-corrected chi connectivity index (χ1v) is 11.6. The predicted octanol–water partition coefficient (Wildman–Crippen LogP) is 6.94. The number of hydrogen-bond acceptors (Lipinski definition) is 5. The molecule has 11 heteroatoms. The van der Waals surface area contributed by atoms with Crippen molar-refractivity contribution in [1.29, 1.82) is 0 Å². The number of unbranched alkanes of at least 4 members (excludes halogenated alkanes) is 1. The molecule has 1 fully saturated rings. The smallest absolute Gasteiger partial charge is 0.419 e. The van der Waals surface area contributed by atoms with Crippen molar-refractivity contribution in [1.82, 2.24) is 15.0 Å². The predicted molar refractivity (Wildman–Crippen MR) is 119 cm³/mol. The number of halogens is 6. The van der Waals surface area contributed by atoms with E-state index in [2.05, 4.69) is 15.0 Å². The van der Waals surface area contributed by atoms with E-state index < -0.39 is 23.5 Å². The monoisotopic (exact) mass is 513 g/mol. The van der Waals surface area contributed by atoms with E-state index in [1.807, 2.05) is 7.05 Å². The van der Waals surface area contributed by atoms with Crippen LogP contribution in [0.4, 0.5) is 26.3 Å². The van der Waals surface area contributed by atoms with E-state index in [0.717, 1.165) is 37.6 Å². The molecule has 1 unspecified atom stereocenters. The molecule has 0 spiro atoms. The SMILES string of the molecule is CN1CCCC1c1nc(-c2ccc(OCCCCc3ccc(C(F)(F)F)cc3)c(C(F)(F)F)c2)no1. The first-order chi connectivity index (χ1) is 17.0. The summed E-state index contributed by atoms with van der Waals surface area (Å²) < 4.78 is 89.8. The van der Waals surface area contributed by atoms with Gasteiger partial charge in [0.05, 0.1) is 23.8 Å². The molecule has 0 N–H and O–H groups in total. The molecule has 3 aromatic rings. The molecule has 36 heavy (non-hydrogen) atoms. The molecule has 0 aliphatic carbocycles. The molecular weight excluding hydrogens is 488 g/mol. The Morgan fingerprint density at radius 1 is 1.00 bits per heavy atom. The lowest BCUT2D eigenvalue weighted by molar-refractivity contribution is -0.139. The van der Waals surface area contributed by atoms with Crippen LogP contribution in [-0.2, 0) is 18.8 Å². The van der Waals surface area contributed by atoms with Crippen LogP contribution in [0.15, 0.2) is 47.0 Å². The van der Waals surface area contributed by atoms with Gasteiger partial charge in [-0.1, -0.05) is 17.3 Å². The minimum Gasteiger partial charge on any atom is -0.493 e. The number of aryl methyl sites for hydroxylation is 1. The van der Waals surface area contributed by atoms with E-state index in [9.17, 15) is 26.3 Å². The van der Waals surface area contributed by atoms with Gasteiger partial charge in [0.15, 0.2) is 0 Å². The number of likely N-dealkylation sites (tertiary alicyclic amines) is 1. The third kappa shape index (κ3) is 6.18. The van der Waals surface area contributed by atoms with Gasteiger partial charge in [-0.05, 0) is 81.6 Å². The highest BCUT2D eigenvalue weighted by molar-refractivity contribution is 5.59. The molecule has 0 bridgehead atoms. The Balaban J connectivity index is 1.36. The Hall–Kier alpha value is -3.08. The van der Waals surface area contributed by atoms with Crippen molar-refractivity contribution >= 4 is 0 Å². The highest BCUT2D eigenvalue weighted by Crippen LogP contribution is 2.39. The summed E-state index contributed by atoms with van der Waals surface area (Å²) in [6.45, 7) is 0.917. The van der Waals surface area contributed by atoms with Crippen LogP contribution in [0.25, 0.3) is 11.4 Å². The van der Waals surface area contributed by atoms with E-state index in [4.69, 9.17) is 9.26 Å². The second-order valence-electron chi connectivity index (χ2n) is 8.80. The van der Waals surface area contributed by atoms with Gasteiger partial charge >= 0.3 is 12.4 Å². The molecule has 2 aromatic carbocycles. The van der Waals surface area contributed by atoms with Crippen molar-refractivity contribution in [2.45, 2.75) is 50.5 Å². The Morgan fingerprint density at radius 3 is 2.39 bits per heavy atom. The maximum atomic E-state index is 13.7. The van der Waals surface area contributed by atoms with E-state index in [-0.39, 0.29) is 29.8 Å². The molecule has 1 aliphatic heterocycles. The Morgan fingerprint density at radius 2 is 1.75 bits per heavy atom. The molecule has 1 atom stereocenters. The van der Waals surface area contributed by atoms with Crippen molar-refractivity contribution in [3.8, 4) is 17.1 Å². The Kier molecular flexibility index (Phi) is 7.58. The lowest BCUT2D eigenvalue weighted by Gasteiger charge is -2.15. The Labute approximate surface area is 204 Å². The maximum Gasteiger partial charge on any atom is 0.419 e. The normalized spacial score (nSPS) is 17.0. The van der Waals surface area contributed by atoms with Gasteiger partial charge < -0.3 is 9.26 Å². The summed E-state index contributed by atoms with van der Waals surface area (Å²) in [7, 11) is 1.93. The third-order valence-electron chi connectivity index (χ3n) is 6.19. The fraction of sp³-hybridized carbons (Fsp3) is 0.440. The average Bonchev–Trinajstić information content (AvgIpc) is 3.47. The molecule has 1 aliphatic rings. The number of nitrogens with zero attached hydrogens (tertiary/aromatic N) is 3. The van der Waals surface area contributed by atoms with E-state index in [1.54, 1.807) is 0 Å². The molecule has 1 saturated heterocycles. The quantitative estimate of drug-likeness (QED) is 0.241. The van der Waals surface area contributed by atoms with E-state index in [0.29, 0.717) is 30.7 Å². The molecule has 4 rings (SSSR count). The summed E-state index contributed by atoms with van der Waals surface area (Å²) in [5.41, 5.74) is -0.771. The minimum atomic E-state index is -4.65. The zero-order chi connectivity index (χ0) is 25.9. The van der Waals surface area contributed by atoms with Gasteiger partial charge in [0.2, 0.25) is 11.7 Å². The van der Waals surface area contributed by atoms with Crippen molar-refractivity contribution in [3.05, 3.63) is 65.0 Å². The first-order valence-electron chi connectivity index (χ1n) is 11.6. The minimum absolute atomic E-state index is 0.0312. The highest BCUT2D eigenvalue weighted by atomic mass is 19.4. The second-order valence-corrected chi connectivity index (χ2v) is 8.80. The summed E-state index contributed by atoms with van der Waals surface area (Å²) in [6, 6.07) is 8.44. The fourth-order valence-corrected chi connectivity index (χ4v) is 4.20. The van der Waals surface area contributed by atoms with Gasteiger partial charge in [-0.3, -0.25) is 4.90 Å². The summed E-state index contributed by atoms with van der Waals surface area (Å²) in [5, 5.41) is 3.87. The lowest BCUT2D eigenvalue weighted by atomic mass is 10.1. The summed E-state index contributed by atoms with van der Waals surface area (Å²) in [4.78, 5) is 6.37. The molecule has 5 nitrogen and oxygen atoms in total. The van der Waals surface area contributed by atoms with Gasteiger partial charge in [-0.2, -0.15) is 31.3 Å². The van der Waals surface area contributed by atoms with Gasteiger partial charge in [-0.15, -0.1) is 0 Å². The van der Waals surface area contributed by atoms with Gasteiger partial charge in [0, 0.05) is 5.56 Å². The third-order valence-corrected chi connectivity index (χ3v) is 6.19. The number of rotatable bonds is 8. The number of hydrogen-bond donors (Lipinski definition) is 0. The molecular formula is C25H25F6N3O2. The van der Waals surface area contributed by atoms with Crippen LogP contribution in [-0.4, -0.2) is 35.2 Å². The summed E-state index contributed by atoms with van der Waals surface area (Å²) in [6.07, 6.45) is -5.75. The van der Waals surface area contributed by atoms with Crippen molar-refractivity contribution in [3.63, 3.8) is 0 Å². The number of benzene rings is 2. The molecule has 194 valence electrons. The largest absolute Gasteiger partial charge is 0.493 e. The molecule has 1 aromatic heterocycles. The molecule has 0 saturated carbocycles. The van der Waals surface area contributed by atoms with Crippen LogP contribution in [0.3, 0.4) is 0 Å². The average molecular weight is 513 g/mol. The van der Waals surface area contributed by atoms with Crippen molar-refractivity contribution < 1.29 is 35.6 Å². The molecule has 2 heterocycles. The van der Waals surface area contributed by atoms with E-state index >= 15 is 0 Å². The number of aromatic nitrogens is 2. The Bertz CT molecular complexity index is 1160. The van der Waals surface area contributed by atoms with Crippen molar-refractivity contribution in [2.24, 2.45) is 0 Å². The summed E-state index contributed by atoms with van der Waals surface area (Å²) >= 11 is 0. The standard InChI is InChI=1S/C25H25F6N3O2/c1-34-13-4-6-20(34)23-32-22(33-36-23)17-9-12-21(19(15-17)25(29,30)31)35-14-3-2-5-16-7-10-18(11-8-16)24(26,27)28/h7-12,15,20H,2-6,13-14H2,1H3. The lowest BCUT2D eigenvalue weighted by Crippen LogP contribution is -2.17. The highest BCUT2D eigenvalue weighted by Gasteiger charge is 2.35. The van der Waals surface area contributed by atoms with Crippen LogP contribution < -0.4 is 4.74 Å². The van der Waals surface area contributed by atoms with Crippen LogP contribution >= 0.6 is 0 Å². The van der Waals surface area contributed by atoms with E-state index in [1.165, 1.54) is 24.3 Å². The zero-order valence-electron chi connectivity index (χ0n) is 19.5. The number of alkyl halides is 6. The first kappa shape index (κ1) is 26.0. The zero-order valence-corrected chi connectivity index (χ0v) is 19.5. The summed E-state index contributed by atoms with van der Waals surface area (Å²) in [5.74, 6) is 0.158. The van der Waals surface area contributed by atoms with Gasteiger partial charge in [-0.25, -0.2) is 0 Å². The topological polar surface area (TPSA) is 51.4 Å². The van der Waals surface area contributed by atoms with Crippen LogP contribution in [0.2, 0.25) is 0 Å². The fourth-order valence-electron chi connectivity index (χ4n) is 4.20. The maximum absolute atomic E-state index is 13.7. The van der Waals surface area contributed by atoms with Gasteiger partial charge in [0.1, 0.15) is 5.75 Å². The molecule has 0 amide bonds. The van der Waals surface area contributed by atoms with Crippen LogP contribution in [0.1, 0.15) is 54.3 Å². The second kappa shape index (κ2) is 10.5. The molecule has 0 radical (unpaired) electrons. The number of ether oxygens (including phenoxy) is 1. The van der Waals surface area contributed by atoms with Gasteiger partial charge in [0.25, 0.3) is 0 Å². The van der Waals surface area contributed by atoms with Crippen LogP contribution in [0.5, 0.6) is 5.75 Å².